The first-order chi connectivity index (χ1) is 17.8. The van der Waals surface area contributed by atoms with E-state index in [2.05, 4.69) is 25.6 Å². The van der Waals surface area contributed by atoms with Crippen LogP contribution >= 0.6 is 0 Å². The van der Waals surface area contributed by atoms with Crippen LogP contribution in [-0.2, 0) is 11.0 Å². The molecule has 5 rings (SSSR count). The molecule has 186 valence electrons. The lowest BCUT2D eigenvalue weighted by molar-refractivity contribution is -0.137. The number of pyridine rings is 1. The van der Waals surface area contributed by atoms with E-state index in [1.165, 1.54) is 19.1 Å². The highest BCUT2D eigenvalue weighted by Gasteiger charge is 2.31. The molecule has 11 heteroatoms. The first kappa shape index (κ1) is 23.9. The molecule has 1 amide bonds. The summed E-state index contributed by atoms with van der Waals surface area (Å²) in [4.78, 5) is 17.0. The van der Waals surface area contributed by atoms with Gasteiger partial charge in [-0.1, -0.05) is 24.3 Å². The van der Waals surface area contributed by atoms with Crippen LogP contribution in [0.25, 0.3) is 28.4 Å². The van der Waals surface area contributed by atoms with E-state index >= 15 is 0 Å². The second-order valence-corrected chi connectivity index (χ2v) is 8.08. The molecule has 3 heterocycles. The lowest BCUT2D eigenvalue weighted by Crippen LogP contribution is -2.30. The van der Waals surface area contributed by atoms with Crippen LogP contribution in [0, 0.1) is 0 Å². The number of amides is 1. The van der Waals surface area contributed by atoms with Gasteiger partial charge in [-0.15, -0.1) is 10.2 Å². The third kappa shape index (κ3) is 5.25. The molecule has 0 spiro atoms. The normalized spacial score (nSPS) is 12.3. The van der Waals surface area contributed by atoms with E-state index in [4.69, 9.17) is 4.74 Å². The van der Waals surface area contributed by atoms with Gasteiger partial charge in [-0.05, 0) is 61.5 Å². The minimum atomic E-state index is -4.51. The van der Waals surface area contributed by atoms with Gasteiger partial charge in [-0.25, -0.2) is 0 Å². The maximum atomic E-state index is 13.0. The van der Waals surface area contributed by atoms with Crippen LogP contribution in [0.3, 0.4) is 0 Å². The summed E-state index contributed by atoms with van der Waals surface area (Å²) in [6.45, 7) is 1.46. The summed E-state index contributed by atoms with van der Waals surface area (Å²) in [6.07, 6.45) is -3.89. The number of carbonyl (C=O) groups is 1. The van der Waals surface area contributed by atoms with Crippen molar-refractivity contribution in [1.29, 1.82) is 0 Å². The summed E-state index contributed by atoms with van der Waals surface area (Å²) in [5, 5.41) is 15.7. The summed E-state index contributed by atoms with van der Waals surface area (Å²) >= 11 is 0. The molecule has 1 unspecified atom stereocenters. The Labute approximate surface area is 208 Å². The van der Waals surface area contributed by atoms with Crippen molar-refractivity contribution in [1.82, 2.24) is 24.8 Å². The maximum Gasteiger partial charge on any atom is 0.416 e. The molecule has 0 aliphatic heterocycles. The Balaban J connectivity index is 1.34. The second-order valence-electron chi connectivity index (χ2n) is 8.08. The molecule has 0 radical (unpaired) electrons. The summed E-state index contributed by atoms with van der Waals surface area (Å²) in [5.41, 5.74) is 2.11. The van der Waals surface area contributed by atoms with Crippen molar-refractivity contribution in [3.05, 3.63) is 90.6 Å². The Morgan fingerprint density at radius 2 is 1.78 bits per heavy atom. The molecule has 0 saturated heterocycles. The number of nitrogens with one attached hydrogen (secondary N) is 1. The van der Waals surface area contributed by atoms with E-state index in [0.29, 0.717) is 34.1 Å². The third-order valence-corrected chi connectivity index (χ3v) is 5.43. The van der Waals surface area contributed by atoms with Gasteiger partial charge in [0.15, 0.2) is 11.8 Å². The van der Waals surface area contributed by atoms with Crippen LogP contribution in [0.5, 0.6) is 5.75 Å². The standard InChI is InChI=1S/C26H19F3N6O2/c1-16(37-20-9-5-7-18(15-20)26(27,28)29)25(36)31-19-8-4-6-17(14-19)21-11-12-23-32-33-24(35(23)34-21)22-10-2-3-13-30-22/h2-16H,1H3,(H,31,36). The van der Waals surface area contributed by atoms with Crippen molar-refractivity contribution in [3.8, 4) is 28.5 Å². The number of hydrogen-bond acceptors (Lipinski definition) is 6. The molecule has 8 nitrogen and oxygen atoms in total. The highest BCUT2D eigenvalue weighted by atomic mass is 19.4. The summed E-state index contributed by atoms with van der Waals surface area (Å²) in [6, 6.07) is 20.4. The molecule has 3 aromatic heterocycles. The van der Waals surface area contributed by atoms with Crippen LogP contribution < -0.4 is 10.1 Å². The highest BCUT2D eigenvalue weighted by molar-refractivity contribution is 5.94. The van der Waals surface area contributed by atoms with Crippen molar-refractivity contribution >= 4 is 17.2 Å². The first-order valence-corrected chi connectivity index (χ1v) is 11.2. The molecule has 37 heavy (non-hydrogen) atoms. The molecule has 0 saturated carbocycles. The monoisotopic (exact) mass is 504 g/mol. The predicted octanol–water partition coefficient (Wildman–Crippen LogP) is 5.28. The zero-order valence-corrected chi connectivity index (χ0v) is 19.3. The summed E-state index contributed by atoms with van der Waals surface area (Å²) in [5.74, 6) is -0.0851. The Morgan fingerprint density at radius 1 is 0.946 bits per heavy atom. The van der Waals surface area contributed by atoms with Gasteiger partial charge in [-0.2, -0.15) is 22.8 Å². The Kier molecular flexibility index (Phi) is 6.26. The number of hydrogen-bond donors (Lipinski definition) is 1. The van der Waals surface area contributed by atoms with E-state index in [-0.39, 0.29) is 5.75 Å². The predicted molar refractivity (Wildman–Crippen MR) is 130 cm³/mol. The zero-order chi connectivity index (χ0) is 26.0. The number of alkyl halides is 3. The molecule has 1 N–H and O–H groups in total. The quantitative estimate of drug-likeness (QED) is 0.338. The highest BCUT2D eigenvalue weighted by Crippen LogP contribution is 2.31. The second kappa shape index (κ2) is 9.69. The average Bonchev–Trinajstić information content (AvgIpc) is 3.32. The van der Waals surface area contributed by atoms with E-state index in [0.717, 1.165) is 12.1 Å². The molecule has 0 fully saturated rings. The Morgan fingerprint density at radius 3 is 2.57 bits per heavy atom. The van der Waals surface area contributed by atoms with Gasteiger partial charge in [0, 0.05) is 17.4 Å². The topological polar surface area (TPSA) is 94.3 Å². The number of aromatic nitrogens is 5. The number of rotatable bonds is 6. The van der Waals surface area contributed by atoms with Gasteiger partial charge in [0.05, 0.1) is 11.3 Å². The lowest BCUT2D eigenvalue weighted by atomic mass is 10.1. The number of benzene rings is 2. The van der Waals surface area contributed by atoms with E-state index in [1.54, 1.807) is 47.1 Å². The number of nitrogens with zero attached hydrogens (tertiary/aromatic N) is 5. The van der Waals surface area contributed by atoms with Crippen LogP contribution in [0.15, 0.2) is 85.1 Å². The van der Waals surface area contributed by atoms with Gasteiger partial charge in [0.1, 0.15) is 11.4 Å². The van der Waals surface area contributed by atoms with Gasteiger partial charge < -0.3 is 10.1 Å². The minimum Gasteiger partial charge on any atom is -0.481 e. The fourth-order valence-corrected chi connectivity index (χ4v) is 3.60. The Hall–Kier alpha value is -4.80. The zero-order valence-electron chi connectivity index (χ0n) is 19.3. The van der Waals surface area contributed by atoms with Gasteiger partial charge in [0.2, 0.25) is 5.82 Å². The summed E-state index contributed by atoms with van der Waals surface area (Å²) < 4.78 is 45.9. The number of halogens is 3. The van der Waals surface area contributed by atoms with Crippen LogP contribution in [0.4, 0.5) is 18.9 Å². The smallest absolute Gasteiger partial charge is 0.416 e. The molecule has 2 aromatic carbocycles. The van der Waals surface area contributed by atoms with Crippen molar-refractivity contribution in [2.24, 2.45) is 0 Å². The fourth-order valence-electron chi connectivity index (χ4n) is 3.60. The minimum absolute atomic E-state index is 0.0543. The van der Waals surface area contributed by atoms with Crippen molar-refractivity contribution in [3.63, 3.8) is 0 Å². The average molecular weight is 504 g/mol. The van der Waals surface area contributed by atoms with Gasteiger partial charge >= 0.3 is 6.18 Å². The van der Waals surface area contributed by atoms with Gasteiger partial charge in [0.25, 0.3) is 5.91 Å². The number of fused-ring (bicyclic) bond motifs is 1. The molecule has 0 aliphatic rings. The van der Waals surface area contributed by atoms with Crippen LogP contribution in [-0.4, -0.2) is 36.8 Å². The van der Waals surface area contributed by atoms with Crippen molar-refractivity contribution < 1.29 is 22.7 Å². The molecular weight excluding hydrogens is 485 g/mol. The van der Waals surface area contributed by atoms with E-state index < -0.39 is 23.8 Å². The third-order valence-electron chi connectivity index (χ3n) is 5.43. The van der Waals surface area contributed by atoms with E-state index in [1.807, 2.05) is 18.2 Å². The maximum absolute atomic E-state index is 13.0. The molecular formula is C26H19F3N6O2. The lowest BCUT2D eigenvalue weighted by Gasteiger charge is -2.16. The SMILES string of the molecule is CC(Oc1cccc(C(F)(F)F)c1)C(=O)Nc1cccc(-c2ccc3nnc(-c4ccccn4)n3n2)c1. The number of ether oxygens (including phenoxy) is 1. The molecule has 5 aromatic rings. The number of carbonyl (C=O) groups excluding carboxylic acids is 1. The number of anilines is 1. The molecule has 0 bridgehead atoms. The van der Waals surface area contributed by atoms with Crippen molar-refractivity contribution in [2.45, 2.75) is 19.2 Å². The van der Waals surface area contributed by atoms with Crippen LogP contribution in [0.1, 0.15) is 12.5 Å². The fraction of sp³-hybridized carbons (Fsp3) is 0.115. The Bertz CT molecular complexity index is 1570. The van der Waals surface area contributed by atoms with E-state index in [9.17, 15) is 18.0 Å². The molecule has 0 aliphatic carbocycles. The van der Waals surface area contributed by atoms with Crippen molar-refractivity contribution in [2.75, 3.05) is 5.32 Å². The van der Waals surface area contributed by atoms with Crippen LogP contribution in [0.2, 0.25) is 0 Å². The largest absolute Gasteiger partial charge is 0.481 e. The summed E-state index contributed by atoms with van der Waals surface area (Å²) in [7, 11) is 0. The first-order valence-electron chi connectivity index (χ1n) is 11.2. The molecule has 1 atom stereocenters. The van der Waals surface area contributed by atoms with Gasteiger partial charge in [-0.3, -0.25) is 9.78 Å².